The van der Waals surface area contributed by atoms with Gasteiger partial charge in [0, 0.05) is 11.9 Å². The van der Waals surface area contributed by atoms with Crippen molar-refractivity contribution in [3.8, 4) is 0 Å². The van der Waals surface area contributed by atoms with E-state index in [1.165, 1.54) is 0 Å². The highest BCUT2D eigenvalue weighted by Gasteiger charge is 2.26. The molecular weight excluding hydrogens is 224 g/mol. The van der Waals surface area contributed by atoms with E-state index in [4.69, 9.17) is 5.73 Å². The molecule has 0 saturated heterocycles. The number of benzene rings is 1. The van der Waals surface area contributed by atoms with Crippen LogP contribution in [0.4, 0.5) is 0 Å². The summed E-state index contributed by atoms with van der Waals surface area (Å²) in [6.07, 6.45) is 3.81. The number of aryl methyl sites for hydroxylation is 1. The first-order valence-corrected chi connectivity index (χ1v) is 5.95. The lowest BCUT2D eigenvalue weighted by Gasteiger charge is -2.23. The zero-order valence-electron chi connectivity index (χ0n) is 10.1. The van der Waals surface area contributed by atoms with Gasteiger partial charge in [0.1, 0.15) is 6.29 Å². The Balaban J connectivity index is 2.12. The van der Waals surface area contributed by atoms with Crippen molar-refractivity contribution in [1.29, 1.82) is 0 Å². The molecule has 0 aliphatic heterocycles. The molecule has 0 spiro atoms. The fraction of sp³-hybridized carbons (Fsp3) is 0.200. The number of carbonyl (C=O) groups is 1. The molecule has 18 heavy (non-hydrogen) atoms. The Morgan fingerprint density at radius 1 is 1.11 bits per heavy atom. The van der Waals surface area contributed by atoms with Gasteiger partial charge >= 0.3 is 0 Å². The number of hydrogen-bond acceptors (Lipinski definition) is 3. The third-order valence-electron chi connectivity index (χ3n) is 3.04. The van der Waals surface area contributed by atoms with Gasteiger partial charge in [-0.1, -0.05) is 36.4 Å². The van der Waals surface area contributed by atoms with Crippen LogP contribution in [-0.4, -0.2) is 11.3 Å². The first-order valence-electron chi connectivity index (χ1n) is 5.95. The van der Waals surface area contributed by atoms with Gasteiger partial charge in [0.05, 0.1) is 5.54 Å². The minimum absolute atomic E-state index is 0.553. The Labute approximate surface area is 107 Å². The van der Waals surface area contributed by atoms with Crippen molar-refractivity contribution >= 4 is 6.29 Å². The van der Waals surface area contributed by atoms with Crippen LogP contribution in [0.25, 0.3) is 0 Å². The highest BCUT2D eigenvalue weighted by molar-refractivity contribution is 5.67. The second-order valence-electron chi connectivity index (χ2n) is 4.35. The summed E-state index contributed by atoms with van der Waals surface area (Å²) in [4.78, 5) is 15.5. The SMILES string of the molecule is NC(C=O)(CCc1ccccn1)c1ccccc1. The molecule has 1 atom stereocenters. The average molecular weight is 240 g/mol. The number of nitrogens with zero attached hydrogens (tertiary/aromatic N) is 1. The predicted molar refractivity (Wildman–Crippen MR) is 70.9 cm³/mol. The molecule has 92 valence electrons. The topological polar surface area (TPSA) is 56.0 Å². The lowest BCUT2D eigenvalue weighted by atomic mass is 9.87. The Hall–Kier alpha value is -2.00. The van der Waals surface area contributed by atoms with Crippen LogP contribution in [0.5, 0.6) is 0 Å². The summed E-state index contributed by atoms with van der Waals surface area (Å²) in [6.45, 7) is 0. The number of hydrogen-bond donors (Lipinski definition) is 1. The molecule has 0 fully saturated rings. The molecular formula is C15H16N2O. The predicted octanol–water partition coefficient (Wildman–Crippen LogP) is 2.07. The zero-order valence-corrected chi connectivity index (χ0v) is 10.1. The summed E-state index contributed by atoms with van der Waals surface area (Å²) in [6, 6.07) is 15.2. The molecule has 2 N–H and O–H groups in total. The monoisotopic (exact) mass is 240 g/mol. The normalized spacial score (nSPS) is 13.8. The maximum atomic E-state index is 11.3. The van der Waals surface area contributed by atoms with Crippen LogP contribution in [0.3, 0.4) is 0 Å². The Morgan fingerprint density at radius 2 is 1.83 bits per heavy atom. The van der Waals surface area contributed by atoms with E-state index in [0.29, 0.717) is 12.8 Å². The second-order valence-corrected chi connectivity index (χ2v) is 4.35. The van der Waals surface area contributed by atoms with E-state index in [-0.39, 0.29) is 0 Å². The Bertz CT molecular complexity index is 498. The molecule has 1 unspecified atom stereocenters. The van der Waals surface area contributed by atoms with Crippen molar-refractivity contribution in [2.45, 2.75) is 18.4 Å². The number of aldehydes is 1. The van der Waals surface area contributed by atoms with Gasteiger partial charge in [-0.2, -0.15) is 0 Å². The first kappa shape index (κ1) is 12.5. The molecule has 1 aromatic heterocycles. The van der Waals surface area contributed by atoms with E-state index < -0.39 is 5.54 Å². The van der Waals surface area contributed by atoms with Crippen molar-refractivity contribution < 1.29 is 4.79 Å². The first-order chi connectivity index (χ1) is 8.74. The molecule has 0 aliphatic carbocycles. The minimum atomic E-state index is -0.932. The number of nitrogens with two attached hydrogens (primary N) is 1. The van der Waals surface area contributed by atoms with Crippen LogP contribution in [0.2, 0.25) is 0 Å². The molecule has 2 rings (SSSR count). The number of rotatable bonds is 5. The molecule has 0 radical (unpaired) electrons. The standard InChI is InChI=1S/C15H16N2O/c16-15(12-18,13-6-2-1-3-7-13)10-9-14-8-4-5-11-17-14/h1-8,11-12H,9-10,16H2. The fourth-order valence-corrected chi connectivity index (χ4v) is 1.90. The molecule has 1 aromatic carbocycles. The van der Waals surface area contributed by atoms with Crippen LogP contribution in [-0.2, 0) is 16.8 Å². The van der Waals surface area contributed by atoms with E-state index in [2.05, 4.69) is 4.98 Å². The van der Waals surface area contributed by atoms with Crippen LogP contribution in [0, 0.1) is 0 Å². The third-order valence-corrected chi connectivity index (χ3v) is 3.04. The van der Waals surface area contributed by atoms with Gasteiger partial charge in [-0.15, -0.1) is 0 Å². The van der Waals surface area contributed by atoms with Crippen molar-refractivity contribution in [1.82, 2.24) is 4.98 Å². The number of pyridine rings is 1. The van der Waals surface area contributed by atoms with Gasteiger partial charge in [0.25, 0.3) is 0 Å². The van der Waals surface area contributed by atoms with Gasteiger partial charge in [-0.3, -0.25) is 4.98 Å². The highest BCUT2D eigenvalue weighted by atomic mass is 16.1. The Morgan fingerprint density at radius 3 is 2.44 bits per heavy atom. The molecule has 3 nitrogen and oxygen atoms in total. The molecule has 0 amide bonds. The van der Waals surface area contributed by atoms with Crippen LogP contribution >= 0.6 is 0 Å². The lowest BCUT2D eigenvalue weighted by Crippen LogP contribution is -2.39. The summed E-state index contributed by atoms with van der Waals surface area (Å²) in [5.74, 6) is 0. The molecule has 0 saturated carbocycles. The quantitative estimate of drug-likeness (QED) is 0.814. The van der Waals surface area contributed by atoms with Crippen molar-refractivity contribution in [3.05, 3.63) is 66.0 Å². The fourth-order valence-electron chi connectivity index (χ4n) is 1.90. The van der Waals surface area contributed by atoms with Crippen molar-refractivity contribution in [2.24, 2.45) is 5.73 Å². The van der Waals surface area contributed by atoms with E-state index in [1.807, 2.05) is 48.5 Å². The van der Waals surface area contributed by atoms with Gasteiger partial charge in [0.15, 0.2) is 0 Å². The maximum absolute atomic E-state index is 11.3. The average Bonchev–Trinajstić information content (AvgIpc) is 2.47. The van der Waals surface area contributed by atoms with E-state index in [1.54, 1.807) is 6.20 Å². The molecule has 1 heterocycles. The lowest BCUT2D eigenvalue weighted by molar-refractivity contribution is -0.112. The molecule has 0 aliphatic rings. The molecule has 0 bridgehead atoms. The molecule has 2 aromatic rings. The van der Waals surface area contributed by atoms with Gasteiger partial charge in [-0.25, -0.2) is 0 Å². The number of carbonyl (C=O) groups excluding carboxylic acids is 1. The maximum Gasteiger partial charge on any atom is 0.144 e. The van der Waals surface area contributed by atoms with Crippen LogP contribution in [0.1, 0.15) is 17.7 Å². The smallest absolute Gasteiger partial charge is 0.144 e. The second kappa shape index (κ2) is 5.56. The summed E-state index contributed by atoms with van der Waals surface area (Å²) in [7, 11) is 0. The summed E-state index contributed by atoms with van der Waals surface area (Å²) >= 11 is 0. The van der Waals surface area contributed by atoms with E-state index in [0.717, 1.165) is 17.5 Å². The van der Waals surface area contributed by atoms with Crippen molar-refractivity contribution in [2.75, 3.05) is 0 Å². The van der Waals surface area contributed by atoms with E-state index >= 15 is 0 Å². The molecule has 3 heteroatoms. The van der Waals surface area contributed by atoms with Gasteiger partial charge in [-0.05, 0) is 30.5 Å². The van der Waals surface area contributed by atoms with Crippen LogP contribution < -0.4 is 5.73 Å². The largest absolute Gasteiger partial charge is 0.315 e. The summed E-state index contributed by atoms with van der Waals surface area (Å²) in [5.41, 5.74) is 7.03. The summed E-state index contributed by atoms with van der Waals surface area (Å²) < 4.78 is 0. The van der Waals surface area contributed by atoms with Crippen molar-refractivity contribution in [3.63, 3.8) is 0 Å². The summed E-state index contributed by atoms with van der Waals surface area (Å²) in [5, 5.41) is 0. The minimum Gasteiger partial charge on any atom is -0.315 e. The Kier molecular flexibility index (Phi) is 3.85. The van der Waals surface area contributed by atoms with Crippen LogP contribution in [0.15, 0.2) is 54.7 Å². The van der Waals surface area contributed by atoms with Gasteiger partial charge in [0.2, 0.25) is 0 Å². The van der Waals surface area contributed by atoms with E-state index in [9.17, 15) is 4.79 Å². The zero-order chi connectivity index (χ0) is 12.8. The highest BCUT2D eigenvalue weighted by Crippen LogP contribution is 2.21. The third kappa shape index (κ3) is 2.81. The van der Waals surface area contributed by atoms with Gasteiger partial charge < -0.3 is 10.5 Å². The number of aromatic nitrogens is 1.